The molecule has 0 amide bonds. The first kappa shape index (κ1) is 12.0. The molecule has 1 aromatic carbocycles. The van der Waals surface area contributed by atoms with Gasteiger partial charge in [-0.1, -0.05) is 23.7 Å². The number of hydrogen-bond donors (Lipinski definition) is 2. The van der Waals surface area contributed by atoms with Gasteiger partial charge in [0, 0.05) is 29.8 Å². The van der Waals surface area contributed by atoms with Crippen molar-refractivity contribution < 1.29 is 4.74 Å². The molecule has 0 fully saturated rings. The van der Waals surface area contributed by atoms with Gasteiger partial charge in [-0.05, 0) is 17.7 Å². The zero-order valence-electron chi connectivity index (χ0n) is 9.53. The number of aromatic amines is 1. The van der Waals surface area contributed by atoms with Gasteiger partial charge in [-0.25, -0.2) is 0 Å². The molecule has 0 saturated heterocycles. The average Bonchev–Trinajstić information content (AvgIpc) is 2.68. The molecule has 17 heavy (non-hydrogen) atoms. The van der Waals surface area contributed by atoms with Gasteiger partial charge < -0.3 is 10.5 Å². The maximum Gasteiger partial charge on any atom is 0.153 e. The lowest BCUT2D eigenvalue weighted by atomic mass is 10.0. The molecule has 0 unspecified atom stereocenters. The van der Waals surface area contributed by atoms with Crippen molar-refractivity contribution in [3.8, 4) is 11.1 Å². The minimum Gasteiger partial charge on any atom is -0.384 e. The molecule has 0 radical (unpaired) electrons. The first-order valence-corrected chi connectivity index (χ1v) is 5.67. The standard InChI is InChI=1S/C12H14ClN3O/c1-17-6-5-10-11(12(14)16-15-10)8-3-2-4-9(13)7-8/h2-4,7H,5-6H2,1H3,(H3,14,15,16). The number of benzene rings is 1. The largest absolute Gasteiger partial charge is 0.384 e. The van der Waals surface area contributed by atoms with Gasteiger partial charge in [0.2, 0.25) is 0 Å². The minimum atomic E-state index is 0.485. The number of halogens is 1. The smallest absolute Gasteiger partial charge is 0.153 e. The average molecular weight is 252 g/mol. The SMILES string of the molecule is COCCc1[nH]nc(N)c1-c1cccc(Cl)c1. The highest BCUT2D eigenvalue weighted by atomic mass is 35.5. The normalized spacial score (nSPS) is 10.7. The van der Waals surface area contributed by atoms with Crippen LogP contribution in [0.25, 0.3) is 11.1 Å². The Labute approximate surface area is 105 Å². The summed E-state index contributed by atoms with van der Waals surface area (Å²) in [5.41, 5.74) is 8.71. The van der Waals surface area contributed by atoms with E-state index in [1.54, 1.807) is 7.11 Å². The second-order valence-electron chi connectivity index (χ2n) is 3.72. The molecular formula is C12H14ClN3O. The molecule has 5 heteroatoms. The van der Waals surface area contributed by atoms with Crippen LogP contribution in [0.4, 0.5) is 5.82 Å². The second-order valence-corrected chi connectivity index (χ2v) is 4.15. The Balaban J connectivity index is 2.39. The molecule has 2 aromatic rings. The lowest BCUT2D eigenvalue weighted by molar-refractivity contribution is 0.201. The van der Waals surface area contributed by atoms with Gasteiger partial charge >= 0.3 is 0 Å². The summed E-state index contributed by atoms with van der Waals surface area (Å²) < 4.78 is 5.05. The van der Waals surface area contributed by atoms with Crippen molar-refractivity contribution in [1.82, 2.24) is 10.2 Å². The summed E-state index contributed by atoms with van der Waals surface area (Å²) >= 11 is 5.97. The molecule has 3 N–H and O–H groups in total. The molecule has 0 saturated carbocycles. The number of nitrogens with two attached hydrogens (primary N) is 1. The summed E-state index contributed by atoms with van der Waals surface area (Å²) in [6.07, 6.45) is 0.739. The fourth-order valence-corrected chi connectivity index (χ4v) is 1.94. The Bertz CT molecular complexity index is 510. The van der Waals surface area contributed by atoms with E-state index < -0.39 is 0 Å². The highest BCUT2D eigenvalue weighted by Gasteiger charge is 2.12. The number of nitrogen functional groups attached to an aromatic ring is 1. The lowest BCUT2D eigenvalue weighted by Gasteiger charge is -2.04. The Morgan fingerprint density at radius 3 is 3.00 bits per heavy atom. The number of hydrogen-bond acceptors (Lipinski definition) is 3. The van der Waals surface area contributed by atoms with Crippen LogP contribution in [0.2, 0.25) is 5.02 Å². The molecule has 0 spiro atoms. The first-order valence-electron chi connectivity index (χ1n) is 5.30. The van der Waals surface area contributed by atoms with Crippen LogP contribution in [-0.4, -0.2) is 23.9 Å². The third-order valence-corrected chi connectivity index (χ3v) is 2.77. The van der Waals surface area contributed by atoms with Crippen molar-refractivity contribution >= 4 is 17.4 Å². The van der Waals surface area contributed by atoms with Crippen molar-refractivity contribution in [3.05, 3.63) is 35.0 Å². The fraction of sp³-hybridized carbons (Fsp3) is 0.250. The van der Waals surface area contributed by atoms with E-state index in [1.165, 1.54) is 0 Å². The first-order chi connectivity index (χ1) is 8.22. The molecule has 0 aliphatic carbocycles. The molecule has 0 bridgehead atoms. The van der Waals surface area contributed by atoms with Gasteiger partial charge in [-0.2, -0.15) is 5.10 Å². The number of methoxy groups -OCH3 is 1. The number of anilines is 1. The van der Waals surface area contributed by atoms with E-state index in [0.717, 1.165) is 23.2 Å². The highest BCUT2D eigenvalue weighted by Crippen LogP contribution is 2.29. The molecular weight excluding hydrogens is 238 g/mol. The van der Waals surface area contributed by atoms with E-state index in [0.29, 0.717) is 17.4 Å². The molecule has 0 aliphatic rings. The summed E-state index contributed by atoms with van der Waals surface area (Å²) in [4.78, 5) is 0. The van der Waals surface area contributed by atoms with E-state index in [4.69, 9.17) is 22.1 Å². The summed E-state index contributed by atoms with van der Waals surface area (Å²) in [5, 5.41) is 7.64. The third-order valence-electron chi connectivity index (χ3n) is 2.54. The number of nitrogens with one attached hydrogen (secondary N) is 1. The number of H-pyrrole nitrogens is 1. The summed E-state index contributed by atoms with van der Waals surface area (Å²) in [7, 11) is 1.67. The lowest BCUT2D eigenvalue weighted by Crippen LogP contribution is -1.97. The Hall–Kier alpha value is -1.52. The zero-order valence-corrected chi connectivity index (χ0v) is 10.3. The van der Waals surface area contributed by atoms with Crippen molar-refractivity contribution in [3.63, 3.8) is 0 Å². The number of ether oxygens (including phenoxy) is 1. The monoisotopic (exact) mass is 251 g/mol. The van der Waals surface area contributed by atoms with E-state index in [9.17, 15) is 0 Å². The maximum absolute atomic E-state index is 5.97. The van der Waals surface area contributed by atoms with Crippen molar-refractivity contribution in [2.24, 2.45) is 0 Å². The number of rotatable bonds is 4. The Morgan fingerprint density at radius 1 is 1.47 bits per heavy atom. The van der Waals surface area contributed by atoms with Crippen LogP contribution in [0.5, 0.6) is 0 Å². The topological polar surface area (TPSA) is 63.9 Å². The van der Waals surface area contributed by atoms with E-state index in [1.807, 2.05) is 24.3 Å². The number of aromatic nitrogens is 2. The minimum absolute atomic E-state index is 0.485. The van der Waals surface area contributed by atoms with Crippen LogP contribution in [0, 0.1) is 0 Å². The highest BCUT2D eigenvalue weighted by molar-refractivity contribution is 6.30. The van der Waals surface area contributed by atoms with Gasteiger partial charge in [0.1, 0.15) is 0 Å². The van der Waals surface area contributed by atoms with Gasteiger partial charge in [0.05, 0.1) is 6.61 Å². The van der Waals surface area contributed by atoms with Crippen LogP contribution in [0.1, 0.15) is 5.69 Å². The van der Waals surface area contributed by atoms with Gasteiger partial charge in [-0.15, -0.1) is 0 Å². The van der Waals surface area contributed by atoms with Gasteiger partial charge in [-0.3, -0.25) is 5.10 Å². The summed E-state index contributed by atoms with van der Waals surface area (Å²) in [5.74, 6) is 0.485. The number of nitrogens with zero attached hydrogens (tertiary/aromatic N) is 1. The molecule has 0 atom stereocenters. The zero-order chi connectivity index (χ0) is 12.3. The molecule has 0 aliphatic heterocycles. The maximum atomic E-state index is 5.97. The summed E-state index contributed by atoms with van der Waals surface area (Å²) in [6.45, 7) is 0.620. The second kappa shape index (κ2) is 5.21. The van der Waals surface area contributed by atoms with E-state index in [2.05, 4.69) is 10.2 Å². The van der Waals surface area contributed by atoms with Crippen LogP contribution in [0.3, 0.4) is 0 Å². The van der Waals surface area contributed by atoms with Gasteiger partial charge in [0.15, 0.2) is 5.82 Å². The van der Waals surface area contributed by atoms with Crippen LogP contribution < -0.4 is 5.73 Å². The molecule has 90 valence electrons. The van der Waals surface area contributed by atoms with E-state index >= 15 is 0 Å². The third kappa shape index (κ3) is 2.60. The van der Waals surface area contributed by atoms with Crippen molar-refractivity contribution in [1.29, 1.82) is 0 Å². The molecule has 4 nitrogen and oxygen atoms in total. The fourth-order valence-electron chi connectivity index (χ4n) is 1.75. The summed E-state index contributed by atoms with van der Waals surface area (Å²) in [6, 6.07) is 7.56. The predicted octanol–water partition coefficient (Wildman–Crippen LogP) is 2.50. The molecule has 1 heterocycles. The van der Waals surface area contributed by atoms with Crippen molar-refractivity contribution in [2.45, 2.75) is 6.42 Å². The quantitative estimate of drug-likeness (QED) is 0.878. The van der Waals surface area contributed by atoms with Gasteiger partial charge in [0.25, 0.3) is 0 Å². The van der Waals surface area contributed by atoms with Crippen LogP contribution in [-0.2, 0) is 11.2 Å². The molecule has 2 rings (SSSR count). The van der Waals surface area contributed by atoms with Crippen molar-refractivity contribution in [2.75, 3.05) is 19.5 Å². The van der Waals surface area contributed by atoms with Crippen LogP contribution >= 0.6 is 11.6 Å². The van der Waals surface area contributed by atoms with Crippen LogP contribution in [0.15, 0.2) is 24.3 Å². The Kier molecular flexibility index (Phi) is 3.66. The molecule has 1 aromatic heterocycles. The van der Waals surface area contributed by atoms with E-state index in [-0.39, 0.29) is 0 Å². The Morgan fingerprint density at radius 2 is 2.29 bits per heavy atom. The predicted molar refractivity (Wildman–Crippen MR) is 69.0 cm³/mol.